The quantitative estimate of drug-likeness (QED) is 0.494. The molecule has 2 aromatic heterocycles. The van der Waals surface area contributed by atoms with Gasteiger partial charge in [0.2, 0.25) is 5.27 Å². The van der Waals surface area contributed by atoms with Crippen molar-refractivity contribution in [3.63, 3.8) is 0 Å². The molecule has 100 valence electrons. The maximum absolute atomic E-state index is 11.8. The molecule has 0 saturated carbocycles. The molecule has 0 atom stereocenters. The fourth-order valence-electron chi connectivity index (χ4n) is 1.20. The highest BCUT2D eigenvalue weighted by Gasteiger charge is 2.19. The van der Waals surface area contributed by atoms with Crippen molar-refractivity contribution in [3.05, 3.63) is 33.3 Å². The molecule has 0 aromatic carbocycles. The van der Waals surface area contributed by atoms with Gasteiger partial charge in [0, 0.05) is 6.07 Å². The number of amides is 1. The van der Waals surface area contributed by atoms with Crippen LogP contribution in [-0.2, 0) is 0 Å². The summed E-state index contributed by atoms with van der Waals surface area (Å²) in [4.78, 5) is 23.4. The first kappa shape index (κ1) is 13.0. The highest BCUT2D eigenvalue weighted by atomic mass is 32.1. The van der Waals surface area contributed by atoms with Gasteiger partial charge in [-0.2, -0.15) is 5.01 Å². The highest BCUT2D eigenvalue weighted by Crippen LogP contribution is 2.24. The van der Waals surface area contributed by atoms with Gasteiger partial charge in [0.15, 0.2) is 0 Å². The van der Waals surface area contributed by atoms with E-state index in [0.29, 0.717) is 0 Å². The van der Waals surface area contributed by atoms with E-state index in [9.17, 15) is 14.9 Å². The Morgan fingerprint density at radius 2 is 2.32 bits per heavy atom. The third-order valence-corrected chi connectivity index (χ3v) is 3.13. The Bertz CT molecular complexity index is 620. The molecule has 0 aliphatic carbocycles. The van der Waals surface area contributed by atoms with Crippen molar-refractivity contribution in [1.82, 2.24) is 5.27 Å². The number of hydrogen-bond donors (Lipinski definition) is 1. The normalized spacial score (nSPS) is 10.2. The van der Waals surface area contributed by atoms with Gasteiger partial charge in [0.25, 0.3) is 12.1 Å². The third-order valence-electron chi connectivity index (χ3n) is 2.10. The van der Waals surface area contributed by atoms with Crippen molar-refractivity contribution in [2.75, 3.05) is 24.4 Å². The lowest BCUT2D eigenvalue weighted by atomic mass is 10.4. The number of hydrogen-bond acceptors (Lipinski definition) is 7. The monoisotopic (exact) mass is 284 g/mol. The van der Waals surface area contributed by atoms with E-state index >= 15 is 0 Å². The van der Waals surface area contributed by atoms with Crippen molar-refractivity contribution in [2.45, 2.75) is 0 Å². The summed E-state index contributed by atoms with van der Waals surface area (Å²) in [7, 11) is 3.49. The van der Waals surface area contributed by atoms with Crippen molar-refractivity contribution >= 4 is 28.1 Å². The van der Waals surface area contributed by atoms with E-state index in [2.05, 4.69) is 10.6 Å². The molecule has 0 radical (unpaired) electrons. The lowest BCUT2D eigenvalue weighted by Crippen LogP contribution is -2.53. The van der Waals surface area contributed by atoms with Gasteiger partial charge < -0.3 is 0 Å². The first-order chi connectivity index (χ1) is 8.97. The molecule has 0 fully saturated rings. The van der Waals surface area contributed by atoms with Gasteiger partial charge in [-0.25, -0.2) is 0 Å². The summed E-state index contributed by atoms with van der Waals surface area (Å²) in [6, 6.07) is 2.66. The zero-order valence-electron chi connectivity index (χ0n) is 10.1. The smallest absolute Gasteiger partial charge is 0.284 e. The van der Waals surface area contributed by atoms with Crippen LogP contribution in [0, 0.1) is 10.1 Å². The molecule has 0 aliphatic rings. The topological polar surface area (TPSA) is 105 Å². The van der Waals surface area contributed by atoms with Gasteiger partial charge in [0.1, 0.15) is 0 Å². The summed E-state index contributed by atoms with van der Waals surface area (Å²) in [6.07, 6.45) is 1.47. The van der Waals surface area contributed by atoms with E-state index in [1.807, 2.05) is 0 Å². The Morgan fingerprint density at radius 3 is 2.84 bits per heavy atom. The number of nitrogens with one attached hydrogen (secondary N) is 1. The number of nitro groups is 1. The fourth-order valence-corrected chi connectivity index (χ4v) is 1.92. The maximum atomic E-state index is 11.8. The largest absolute Gasteiger partial charge is 0.324 e. The molecule has 2 rings (SSSR count). The number of thiophene rings is 1. The molecule has 0 bridgehead atoms. The van der Waals surface area contributed by atoms with Gasteiger partial charge in [-0.1, -0.05) is 11.3 Å². The van der Waals surface area contributed by atoms with Crippen LogP contribution in [0.25, 0.3) is 0 Å². The second-order valence-electron chi connectivity index (χ2n) is 3.68. The lowest BCUT2D eigenvalue weighted by molar-refractivity contribution is -0.753. The fraction of sp³-hybridized carbons (Fsp3) is 0.222. The minimum absolute atomic E-state index is 0.0916. The molecular weight excluding hydrogens is 274 g/mol. The Labute approximate surface area is 111 Å². The molecule has 0 unspecified atom stereocenters. The molecule has 2 aromatic rings. The summed E-state index contributed by atoms with van der Waals surface area (Å²) in [5, 5.41) is 18.2. The van der Waals surface area contributed by atoms with Crippen LogP contribution in [0.3, 0.4) is 0 Å². The van der Waals surface area contributed by atoms with E-state index in [4.69, 9.17) is 4.52 Å². The van der Waals surface area contributed by atoms with Crippen LogP contribution in [-0.4, -0.2) is 30.2 Å². The minimum atomic E-state index is -0.546. The second kappa shape index (κ2) is 5.02. The van der Waals surface area contributed by atoms with E-state index in [0.717, 1.165) is 11.3 Å². The van der Waals surface area contributed by atoms with Crippen molar-refractivity contribution in [3.8, 4) is 0 Å². The van der Waals surface area contributed by atoms with Crippen LogP contribution in [0.15, 0.2) is 22.9 Å². The molecule has 9 nitrogen and oxygen atoms in total. The zero-order chi connectivity index (χ0) is 14.0. The molecular formula is C9H10N5O4S+. The molecule has 1 amide bonds. The first-order valence-corrected chi connectivity index (χ1v) is 5.91. The van der Waals surface area contributed by atoms with Crippen LogP contribution in [0.2, 0.25) is 0 Å². The minimum Gasteiger partial charge on any atom is -0.284 e. The molecule has 0 aliphatic heterocycles. The van der Waals surface area contributed by atoms with Crippen molar-refractivity contribution in [2.24, 2.45) is 0 Å². The molecule has 0 saturated heterocycles. The lowest BCUT2D eigenvalue weighted by Gasteiger charge is -1.95. The molecule has 10 heteroatoms. The Hall–Kier alpha value is -2.49. The van der Waals surface area contributed by atoms with Gasteiger partial charge in [-0.05, 0) is 6.07 Å². The number of nitrogens with zero attached hydrogens (tertiary/aromatic N) is 4. The van der Waals surface area contributed by atoms with E-state index in [-0.39, 0.29) is 15.8 Å². The molecule has 0 spiro atoms. The summed E-state index contributed by atoms with van der Waals surface area (Å²) in [5.74, 6) is -0.338. The predicted molar refractivity (Wildman–Crippen MR) is 65.7 cm³/mol. The second-order valence-corrected chi connectivity index (χ2v) is 4.75. The molecule has 19 heavy (non-hydrogen) atoms. The van der Waals surface area contributed by atoms with Gasteiger partial charge >= 0.3 is 10.9 Å². The van der Waals surface area contributed by atoms with Crippen LogP contribution in [0.5, 0.6) is 0 Å². The number of anilines is 1. The van der Waals surface area contributed by atoms with Gasteiger partial charge in [-0.3, -0.25) is 24.7 Å². The van der Waals surface area contributed by atoms with Crippen LogP contribution in [0.1, 0.15) is 9.67 Å². The summed E-state index contributed by atoms with van der Waals surface area (Å²) in [5.41, 5.74) is 0. The molecule has 2 heterocycles. The maximum Gasteiger partial charge on any atom is 0.324 e. The van der Waals surface area contributed by atoms with Gasteiger partial charge in [-0.15, -0.1) is 0 Å². The van der Waals surface area contributed by atoms with E-state index in [1.54, 1.807) is 19.1 Å². The average Bonchev–Trinajstić information content (AvgIpc) is 2.96. The number of aromatic nitrogens is 2. The predicted octanol–water partition coefficient (Wildman–Crippen LogP) is 0.382. The first-order valence-electron chi connectivity index (χ1n) is 5.09. The Kier molecular flexibility index (Phi) is 3.42. The van der Waals surface area contributed by atoms with Crippen LogP contribution in [0.4, 0.5) is 10.9 Å². The number of carbonyl (C=O) groups is 1. The van der Waals surface area contributed by atoms with Crippen LogP contribution < -0.4 is 15.1 Å². The standard InChI is InChI=1S/C9H9N5O4S/c1-12(2)13-5-7(18-11-13)10-9(15)6-3-4-8(19-6)14(16)17/h3-5H,1-2H3/p+1. The third kappa shape index (κ3) is 2.85. The Morgan fingerprint density at radius 1 is 1.58 bits per heavy atom. The van der Waals surface area contributed by atoms with Crippen LogP contribution >= 0.6 is 11.3 Å². The highest BCUT2D eigenvalue weighted by molar-refractivity contribution is 7.17. The number of rotatable bonds is 4. The van der Waals surface area contributed by atoms with Gasteiger partial charge in [0.05, 0.1) is 28.7 Å². The Balaban J connectivity index is 2.09. The number of carbonyl (C=O) groups excluding carboxylic acids is 1. The summed E-state index contributed by atoms with van der Waals surface area (Å²) >= 11 is 0.791. The summed E-state index contributed by atoms with van der Waals surface area (Å²) in [6.45, 7) is 0. The average molecular weight is 284 g/mol. The summed E-state index contributed by atoms with van der Waals surface area (Å²) < 4.78 is 4.88. The van der Waals surface area contributed by atoms with Crippen molar-refractivity contribution in [1.29, 1.82) is 0 Å². The van der Waals surface area contributed by atoms with E-state index in [1.165, 1.54) is 23.1 Å². The van der Waals surface area contributed by atoms with E-state index < -0.39 is 10.8 Å². The molecule has 1 N–H and O–H groups in total. The zero-order valence-corrected chi connectivity index (χ0v) is 10.9. The van der Waals surface area contributed by atoms with Crippen molar-refractivity contribution < 1.29 is 19.0 Å². The SMILES string of the molecule is CN(C)[n+]1cc(NC(=O)c2ccc([N+](=O)[O-])s2)on1.